The van der Waals surface area contributed by atoms with Crippen LogP contribution in [0.15, 0.2) is 91.1 Å². The van der Waals surface area contributed by atoms with Gasteiger partial charge in [-0.15, -0.1) is 0 Å². The van der Waals surface area contributed by atoms with Gasteiger partial charge in [-0.3, -0.25) is 4.98 Å². The number of aryl methyl sites for hydroxylation is 1. The van der Waals surface area contributed by atoms with Crippen LogP contribution in [0, 0.1) is 6.92 Å². The molecular formula is C23H18N2. The van der Waals surface area contributed by atoms with Crippen LogP contribution in [0.4, 0.5) is 0 Å². The molecule has 120 valence electrons. The third-order valence-corrected chi connectivity index (χ3v) is 4.22. The largest absolute Gasteiger partial charge is 0.255 e. The maximum Gasteiger partial charge on any atom is 0.0893 e. The molecule has 25 heavy (non-hydrogen) atoms. The minimum Gasteiger partial charge on any atom is -0.255 e. The average molecular weight is 322 g/mol. The summed E-state index contributed by atoms with van der Waals surface area (Å²) >= 11 is 0. The van der Waals surface area contributed by atoms with Crippen LogP contribution in [0.3, 0.4) is 0 Å². The van der Waals surface area contributed by atoms with Crippen molar-refractivity contribution in [2.24, 2.45) is 0 Å². The molecule has 0 N–H and O–H groups in total. The topological polar surface area (TPSA) is 25.8 Å². The van der Waals surface area contributed by atoms with E-state index in [1.807, 2.05) is 36.4 Å². The molecule has 0 saturated carbocycles. The summed E-state index contributed by atoms with van der Waals surface area (Å²) in [6, 6.07) is 29.1. The fourth-order valence-corrected chi connectivity index (χ4v) is 2.86. The first-order chi connectivity index (χ1) is 12.3. The predicted molar refractivity (Wildman–Crippen MR) is 103 cm³/mol. The van der Waals surface area contributed by atoms with Gasteiger partial charge in [0.2, 0.25) is 0 Å². The Bertz CT molecular complexity index is 990. The fraction of sp³-hybridized carbons (Fsp3) is 0.0435. The van der Waals surface area contributed by atoms with Crippen molar-refractivity contribution < 1.29 is 0 Å². The van der Waals surface area contributed by atoms with Gasteiger partial charge in [0.1, 0.15) is 0 Å². The second-order valence-electron chi connectivity index (χ2n) is 6.07. The van der Waals surface area contributed by atoms with Crippen LogP contribution in [0.1, 0.15) is 5.56 Å². The molecule has 2 aromatic heterocycles. The average Bonchev–Trinajstić information content (AvgIpc) is 2.69. The lowest BCUT2D eigenvalue weighted by atomic mass is 10.0. The summed E-state index contributed by atoms with van der Waals surface area (Å²) < 4.78 is 0. The molecule has 2 heteroatoms. The van der Waals surface area contributed by atoms with Gasteiger partial charge in [0.05, 0.1) is 17.1 Å². The highest BCUT2D eigenvalue weighted by Crippen LogP contribution is 2.27. The van der Waals surface area contributed by atoms with Gasteiger partial charge in [0.15, 0.2) is 0 Å². The number of benzene rings is 2. The second kappa shape index (κ2) is 6.70. The summed E-state index contributed by atoms with van der Waals surface area (Å²) in [4.78, 5) is 9.19. The zero-order valence-corrected chi connectivity index (χ0v) is 14.1. The molecule has 0 bridgehead atoms. The Morgan fingerprint density at radius 2 is 1.28 bits per heavy atom. The Balaban J connectivity index is 1.73. The van der Waals surface area contributed by atoms with Crippen molar-refractivity contribution in [1.82, 2.24) is 9.97 Å². The van der Waals surface area contributed by atoms with E-state index in [9.17, 15) is 0 Å². The zero-order chi connectivity index (χ0) is 17.1. The Morgan fingerprint density at radius 3 is 2.08 bits per heavy atom. The maximum absolute atomic E-state index is 4.80. The van der Waals surface area contributed by atoms with Gasteiger partial charge in [0.25, 0.3) is 0 Å². The molecule has 0 spiro atoms. The maximum atomic E-state index is 4.80. The normalized spacial score (nSPS) is 10.6. The highest BCUT2D eigenvalue weighted by molar-refractivity contribution is 5.72. The van der Waals surface area contributed by atoms with Gasteiger partial charge in [-0.1, -0.05) is 60.2 Å². The van der Waals surface area contributed by atoms with Gasteiger partial charge >= 0.3 is 0 Å². The highest BCUT2D eigenvalue weighted by atomic mass is 14.8. The van der Waals surface area contributed by atoms with Crippen molar-refractivity contribution in [3.8, 4) is 33.8 Å². The molecule has 2 heterocycles. The fourth-order valence-electron chi connectivity index (χ4n) is 2.86. The zero-order valence-electron chi connectivity index (χ0n) is 14.1. The van der Waals surface area contributed by atoms with Crippen molar-refractivity contribution >= 4 is 0 Å². The Kier molecular flexibility index (Phi) is 4.09. The lowest BCUT2D eigenvalue weighted by Gasteiger charge is -2.07. The third-order valence-electron chi connectivity index (χ3n) is 4.22. The summed E-state index contributed by atoms with van der Waals surface area (Å²) in [6.45, 7) is 2.10. The second-order valence-corrected chi connectivity index (χ2v) is 6.07. The predicted octanol–water partition coefficient (Wildman–Crippen LogP) is 5.79. The van der Waals surface area contributed by atoms with Crippen LogP contribution in [-0.4, -0.2) is 9.97 Å². The van der Waals surface area contributed by atoms with Crippen molar-refractivity contribution in [2.75, 3.05) is 0 Å². The Labute approximate surface area is 147 Å². The van der Waals surface area contributed by atoms with E-state index >= 15 is 0 Å². The van der Waals surface area contributed by atoms with E-state index < -0.39 is 0 Å². The summed E-state index contributed by atoms with van der Waals surface area (Å²) in [5.74, 6) is 0. The molecule has 0 radical (unpaired) electrons. The number of aromatic nitrogens is 2. The van der Waals surface area contributed by atoms with E-state index in [0.29, 0.717) is 0 Å². The van der Waals surface area contributed by atoms with Crippen LogP contribution in [0.5, 0.6) is 0 Å². The van der Waals surface area contributed by atoms with Gasteiger partial charge < -0.3 is 0 Å². The Hall–Kier alpha value is -3.26. The van der Waals surface area contributed by atoms with Gasteiger partial charge in [0, 0.05) is 11.8 Å². The van der Waals surface area contributed by atoms with Crippen molar-refractivity contribution in [3.63, 3.8) is 0 Å². The monoisotopic (exact) mass is 322 g/mol. The molecule has 2 aromatic carbocycles. The molecule has 0 aliphatic carbocycles. The van der Waals surface area contributed by atoms with Crippen molar-refractivity contribution in [2.45, 2.75) is 6.92 Å². The van der Waals surface area contributed by atoms with Crippen LogP contribution in [-0.2, 0) is 0 Å². The van der Waals surface area contributed by atoms with E-state index in [1.165, 1.54) is 16.7 Å². The number of pyridine rings is 2. The lowest BCUT2D eigenvalue weighted by molar-refractivity contribution is 1.25. The number of hydrogen-bond acceptors (Lipinski definition) is 2. The van der Waals surface area contributed by atoms with Crippen LogP contribution in [0.25, 0.3) is 33.8 Å². The molecular weight excluding hydrogens is 304 g/mol. The number of rotatable bonds is 3. The summed E-state index contributed by atoms with van der Waals surface area (Å²) in [7, 11) is 0. The number of nitrogens with zero attached hydrogens (tertiary/aromatic N) is 2. The minimum atomic E-state index is 0.888. The first-order valence-electron chi connectivity index (χ1n) is 8.35. The van der Waals surface area contributed by atoms with Gasteiger partial charge in [-0.2, -0.15) is 0 Å². The molecule has 4 rings (SSSR count). The van der Waals surface area contributed by atoms with E-state index in [2.05, 4.69) is 60.4 Å². The molecule has 0 amide bonds. The standard InChI is InChI=1S/C23H18N2/c1-17-11-13-18(14-12-17)19-6-4-7-20(16-19)21-9-5-10-23(25-21)22-8-2-3-15-24-22/h2-16H,1H3. The summed E-state index contributed by atoms with van der Waals surface area (Å²) in [6.07, 6.45) is 1.79. The quantitative estimate of drug-likeness (QED) is 0.477. The van der Waals surface area contributed by atoms with Crippen LogP contribution < -0.4 is 0 Å². The van der Waals surface area contributed by atoms with Crippen LogP contribution >= 0.6 is 0 Å². The molecule has 2 nitrogen and oxygen atoms in total. The Morgan fingerprint density at radius 1 is 0.560 bits per heavy atom. The summed E-state index contributed by atoms with van der Waals surface area (Å²) in [5.41, 5.74) is 7.52. The molecule has 0 aliphatic heterocycles. The third kappa shape index (κ3) is 3.33. The number of hydrogen-bond donors (Lipinski definition) is 0. The minimum absolute atomic E-state index is 0.888. The van der Waals surface area contributed by atoms with Gasteiger partial charge in [-0.25, -0.2) is 4.98 Å². The molecule has 4 aromatic rings. The lowest BCUT2D eigenvalue weighted by Crippen LogP contribution is -1.90. The van der Waals surface area contributed by atoms with Gasteiger partial charge in [-0.05, 0) is 48.4 Å². The smallest absolute Gasteiger partial charge is 0.0893 e. The van der Waals surface area contributed by atoms with E-state index in [0.717, 1.165) is 22.6 Å². The molecule has 0 atom stereocenters. The van der Waals surface area contributed by atoms with Crippen LogP contribution in [0.2, 0.25) is 0 Å². The molecule has 0 unspecified atom stereocenters. The first-order valence-corrected chi connectivity index (χ1v) is 8.35. The van der Waals surface area contributed by atoms with E-state index in [4.69, 9.17) is 4.98 Å². The van der Waals surface area contributed by atoms with Crippen molar-refractivity contribution in [1.29, 1.82) is 0 Å². The molecule has 0 fully saturated rings. The first kappa shape index (κ1) is 15.3. The molecule has 0 aliphatic rings. The highest BCUT2D eigenvalue weighted by Gasteiger charge is 2.06. The summed E-state index contributed by atoms with van der Waals surface area (Å²) in [5, 5.41) is 0. The van der Waals surface area contributed by atoms with Crippen molar-refractivity contribution in [3.05, 3.63) is 96.7 Å². The van der Waals surface area contributed by atoms with E-state index in [1.54, 1.807) is 6.20 Å². The molecule has 0 saturated heterocycles. The van der Waals surface area contributed by atoms with E-state index in [-0.39, 0.29) is 0 Å². The SMILES string of the molecule is Cc1ccc(-c2cccc(-c3cccc(-c4ccccn4)n3)c2)cc1.